The van der Waals surface area contributed by atoms with E-state index >= 15 is 0 Å². The van der Waals surface area contributed by atoms with Gasteiger partial charge in [0.1, 0.15) is 0 Å². The fourth-order valence-corrected chi connectivity index (χ4v) is 0.718. The summed E-state index contributed by atoms with van der Waals surface area (Å²) < 4.78 is 0. The van der Waals surface area contributed by atoms with Crippen LogP contribution in [0.3, 0.4) is 0 Å². The lowest BCUT2D eigenvalue weighted by atomic mass is 10.1. The minimum Gasteiger partial charge on any atom is -0.0985 e. The second-order valence-electron chi connectivity index (χ2n) is 2.88. The third-order valence-corrected chi connectivity index (χ3v) is 1.24. The Hall–Kier alpha value is -0.780. The second kappa shape index (κ2) is 8.32. The van der Waals surface area contributed by atoms with Crippen molar-refractivity contribution >= 4 is 0 Å². The van der Waals surface area contributed by atoms with Gasteiger partial charge in [-0.3, -0.25) is 0 Å². The zero-order valence-corrected chi connectivity index (χ0v) is 9.36. The molecule has 0 aliphatic heterocycles. The van der Waals surface area contributed by atoms with Crippen molar-refractivity contribution in [3.05, 3.63) is 35.5 Å². The first kappa shape index (κ1) is 13.8. The molecule has 0 aromatic carbocycles. The molecule has 0 spiro atoms. The van der Waals surface area contributed by atoms with Gasteiger partial charge in [0.05, 0.1) is 0 Å². The van der Waals surface area contributed by atoms with Crippen LogP contribution in [0.2, 0.25) is 0 Å². The average Bonchev–Trinajstić information content (AvgIpc) is 2.03. The molecular weight excluding hydrogens is 144 g/mol. The maximum Gasteiger partial charge on any atom is -0.0277 e. The zero-order chi connectivity index (χ0) is 10.1. The molecule has 0 saturated carbocycles. The highest BCUT2D eigenvalue weighted by Crippen LogP contribution is 2.08. The Bertz CT molecular complexity index is 172. The number of hydrogen-bond donors (Lipinski definition) is 0. The van der Waals surface area contributed by atoms with Crippen molar-refractivity contribution in [1.82, 2.24) is 0 Å². The van der Waals surface area contributed by atoms with Crippen LogP contribution in [0.4, 0.5) is 0 Å². The first-order chi connectivity index (χ1) is 5.57. The van der Waals surface area contributed by atoms with Gasteiger partial charge in [0.25, 0.3) is 0 Å². The molecule has 0 fully saturated rings. The van der Waals surface area contributed by atoms with Crippen molar-refractivity contribution in [1.29, 1.82) is 0 Å². The first-order valence-electron chi connectivity index (χ1n) is 4.52. The normalized spacial score (nSPS) is 7.50. The molecule has 0 unspecified atom stereocenters. The molecular formula is C12H22. The van der Waals surface area contributed by atoms with E-state index in [1.165, 1.54) is 16.7 Å². The Morgan fingerprint density at radius 3 is 1.50 bits per heavy atom. The summed E-state index contributed by atoms with van der Waals surface area (Å²) in [5.41, 5.74) is 3.87. The van der Waals surface area contributed by atoms with Crippen LogP contribution in [0, 0.1) is 0 Å². The molecule has 0 N–H and O–H groups in total. The molecule has 0 aromatic heterocycles. The van der Waals surface area contributed by atoms with Gasteiger partial charge in [0.15, 0.2) is 0 Å². The van der Waals surface area contributed by atoms with Crippen molar-refractivity contribution < 1.29 is 0 Å². The Morgan fingerprint density at radius 2 is 1.42 bits per heavy atom. The summed E-state index contributed by atoms with van der Waals surface area (Å²) in [4.78, 5) is 0. The van der Waals surface area contributed by atoms with Crippen molar-refractivity contribution in [3.63, 3.8) is 0 Å². The summed E-state index contributed by atoms with van der Waals surface area (Å²) in [5.74, 6) is 0. The maximum atomic E-state index is 3.73. The maximum absolute atomic E-state index is 3.73. The Labute approximate surface area is 77.7 Å². The summed E-state index contributed by atoms with van der Waals surface area (Å²) in [5, 5.41) is 0. The summed E-state index contributed by atoms with van der Waals surface area (Å²) in [6.07, 6.45) is 4.03. The van der Waals surface area contributed by atoms with E-state index in [4.69, 9.17) is 0 Å². The van der Waals surface area contributed by atoms with E-state index in [0.29, 0.717) is 0 Å². The van der Waals surface area contributed by atoms with Crippen LogP contribution in [0.1, 0.15) is 41.5 Å². The predicted molar refractivity (Wildman–Crippen MR) is 59.4 cm³/mol. The highest BCUT2D eigenvalue weighted by atomic mass is 13.9. The number of rotatable bonds is 2. The molecule has 0 radical (unpaired) electrons. The highest BCUT2D eigenvalue weighted by Gasteiger charge is 1.87. The van der Waals surface area contributed by atoms with Gasteiger partial charge in [-0.25, -0.2) is 0 Å². The van der Waals surface area contributed by atoms with Crippen LogP contribution < -0.4 is 0 Å². The van der Waals surface area contributed by atoms with Crippen molar-refractivity contribution in [2.75, 3.05) is 0 Å². The van der Waals surface area contributed by atoms with Crippen LogP contribution in [0.25, 0.3) is 0 Å². The van der Waals surface area contributed by atoms with Gasteiger partial charge in [-0.2, -0.15) is 0 Å². The van der Waals surface area contributed by atoms with Gasteiger partial charge in [-0.15, -0.1) is 0 Å². The first-order valence-corrected chi connectivity index (χ1v) is 4.52. The van der Waals surface area contributed by atoms with E-state index in [9.17, 15) is 0 Å². The molecule has 70 valence electrons. The Morgan fingerprint density at radius 1 is 1.00 bits per heavy atom. The fourth-order valence-electron chi connectivity index (χ4n) is 0.718. The summed E-state index contributed by atoms with van der Waals surface area (Å²) in [6, 6.07) is 0. The van der Waals surface area contributed by atoms with Gasteiger partial charge < -0.3 is 0 Å². The van der Waals surface area contributed by atoms with Gasteiger partial charge in [0, 0.05) is 0 Å². The van der Waals surface area contributed by atoms with E-state index in [0.717, 1.165) is 0 Å². The van der Waals surface area contributed by atoms with E-state index in [1.807, 2.05) is 19.9 Å². The summed E-state index contributed by atoms with van der Waals surface area (Å²) in [6.45, 7) is 16.1. The summed E-state index contributed by atoms with van der Waals surface area (Å²) in [7, 11) is 0. The SMILES string of the molecule is C=CC(C=C(C)C)=C(C)C.CC. The minimum atomic E-state index is 1.24. The lowest BCUT2D eigenvalue weighted by Crippen LogP contribution is -1.76. The molecule has 0 bridgehead atoms. The topological polar surface area (TPSA) is 0 Å². The molecule has 0 amide bonds. The van der Waals surface area contributed by atoms with E-state index in [2.05, 4.69) is 40.3 Å². The third-order valence-electron chi connectivity index (χ3n) is 1.24. The minimum absolute atomic E-state index is 1.24. The molecule has 12 heavy (non-hydrogen) atoms. The highest BCUT2D eigenvalue weighted by molar-refractivity contribution is 5.34. The molecule has 0 aliphatic carbocycles. The Kier molecular flexibility index (Phi) is 9.56. The van der Waals surface area contributed by atoms with Crippen LogP contribution in [0.15, 0.2) is 35.5 Å². The molecule has 0 rings (SSSR count). The standard InChI is InChI=1S/C10H16.C2H6/c1-6-10(9(4)5)7-8(2)3;1-2/h6-7H,1H2,2-5H3;1-2H3. The summed E-state index contributed by atoms with van der Waals surface area (Å²) >= 11 is 0. The number of hydrogen-bond acceptors (Lipinski definition) is 0. The quantitative estimate of drug-likeness (QED) is 0.530. The molecule has 0 heterocycles. The second-order valence-corrected chi connectivity index (χ2v) is 2.88. The zero-order valence-electron chi connectivity index (χ0n) is 9.36. The van der Waals surface area contributed by atoms with E-state index < -0.39 is 0 Å². The third kappa shape index (κ3) is 7.33. The molecule has 0 aromatic rings. The lowest BCUT2D eigenvalue weighted by molar-refractivity contribution is 1.31. The van der Waals surface area contributed by atoms with Crippen LogP contribution in [0.5, 0.6) is 0 Å². The fraction of sp³-hybridized carbons (Fsp3) is 0.500. The lowest BCUT2D eigenvalue weighted by Gasteiger charge is -1.97. The molecule has 0 atom stereocenters. The van der Waals surface area contributed by atoms with Gasteiger partial charge in [-0.05, 0) is 33.3 Å². The van der Waals surface area contributed by atoms with Crippen molar-refractivity contribution in [2.24, 2.45) is 0 Å². The number of allylic oxidation sites excluding steroid dienone is 5. The molecule has 0 heteroatoms. The van der Waals surface area contributed by atoms with Crippen LogP contribution >= 0.6 is 0 Å². The molecule has 0 aliphatic rings. The Balaban J connectivity index is 0. The van der Waals surface area contributed by atoms with Gasteiger partial charge >= 0.3 is 0 Å². The van der Waals surface area contributed by atoms with Crippen molar-refractivity contribution in [2.45, 2.75) is 41.5 Å². The van der Waals surface area contributed by atoms with Gasteiger partial charge in [0.2, 0.25) is 0 Å². The molecule has 0 nitrogen and oxygen atoms in total. The predicted octanol–water partition coefficient (Wildman–Crippen LogP) is 4.50. The molecule has 0 saturated heterocycles. The van der Waals surface area contributed by atoms with Crippen LogP contribution in [-0.2, 0) is 0 Å². The monoisotopic (exact) mass is 166 g/mol. The van der Waals surface area contributed by atoms with E-state index in [1.54, 1.807) is 0 Å². The smallest absolute Gasteiger partial charge is 0.0277 e. The average molecular weight is 166 g/mol. The van der Waals surface area contributed by atoms with Gasteiger partial charge in [-0.1, -0.05) is 43.7 Å². The van der Waals surface area contributed by atoms with Crippen LogP contribution in [-0.4, -0.2) is 0 Å². The largest absolute Gasteiger partial charge is 0.0985 e. The van der Waals surface area contributed by atoms with Crippen molar-refractivity contribution in [3.8, 4) is 0 Å². The van der Waals surface area contributed by atoms with E-state index in [-0.39, 0.29) is 0 Å².